The molecule has 0 atom stereocenters. The summed E-state index contributed by atoms with van der Waals surface area (Å²) < 4.78 is 42.9. The maximum Gasteiger partial charge on any atom is 0.401 e. The molecule has 1 rings (SSSR count). The molecule has 1 aromatic rings. The largest absolute Gasteiger partial charge is 0.401 e. The Labute approximate surface area is 129 Å². The molecule has 8 heteroatoms. The Hall–Kier alpha value is -1.12. The Morgan fingerprint density at radius 1 is 1.33 bits per heavy atom. The van der Waals surface area contributed by atoms with Gasteiger partial charge in [0.2, 0.25) is 5.91 Å². The molecule has 4 nitrogen and oxygen atoms in total. The molecule has 21 heavy (non-hydrogen) atoms. The van der Waals surface area contributed by atoms with E-state index in [-0.39, 0.29) is 19.7 Å². The molecule has 0 fully saturated rings. The van der Waals surface area contributed by atoms with Crippen molar-refractivity contribution in [1.82, 2.24) is 4.90 Å². The summed E-state index contributed by atoms with van der Waals surface area (Å²) in [5.41, 5.74) is 0.530. The summed E-state index contributed by atoms with van der Waals surface area (Å²) in [7, 11) is 1.40. The van der Waals surface area contributed by atoms with Crippen molar-refractivity contribution in [3.63, 3.8) is 0 Å². The highest BCUT2D eigenvalue weighted by Gasteiger charge is 2.31. The number of carbonyl (C=O) groups is 1. The van der Waals surface area contributed by atoms with Gasteiger partial charge in [-0.2, -0.15) is 13.2 Å². The van der Waals surface area contributed by atoms with Gasteiger partial charge >= 0.3 is 6.18 Å². The summed E-state index contributed by atoms with van der Waals surface area (Å²) >= 11 is 3.25. The molecule has 0 heterocycles. The van der Waals surface area contributed by atoms with Gasteiger partial charge in [-0.1, -0.05) is 15.9 Å². The van der Waals surface area contributed by atoms with Gasteiger partial charge in [0.05, 0.1) is 19.7 Å². The Morgan fingerprint density at radius 2 is 1.95 bits per heavy atom. The van der Waals surface area contributed by atoms with E-state index in [0.717, 1.165) is 9.37 Å². The zero-order valence-electron chi connectivity index (χ0n) is 11.4. The normalized spacial score (nSPS) is 11.7. The summed E-state index contributed by atoms with van der Waals surface area (Å²) in [6.07, 6.45) is -4.36. The van der Waals surface area contributed by atoms with Crippen molar-refractivity contribution < 1.29 is 22.7 Å². The number of halogens is 4. The molecule has 0 aliphatic heterocycles. The van der Waals surface area contributed by atoms with E-state index in [2.05, 4.69) is 21.2 Å². The van der Waals surface area contributed by atoms with Crippen molar-refractivity contribution >= 4 is 27.5 Å². The maximum atomic E-state index is 12.4. The van der Waals surface area contributed by atoms with E-state index in [9.17, 15) is 18.0 Å². The van der Waals surface area contributed by atoms with Crippen molar-refractivity contribution in [2.24, 2.45) is 0 Å². The minimum atomic E-state index is -4.36. The molecule has 118 valence electrons. The number of hydrogen-bond donors (Lipinski definition) is 1. The fraction of sp³-hybridized carbons (Fsp3) is 0.462. The number of nitrogens with zero attached hydrogens (tertiary/aromatic N) is 1. The van der Waals surface area contributed by atoms with Gasteiger partial charge in [-0.05, 0) is 24.3 Å². The van der Waals surface area contributed by atoms with Gasteiger partial charge in [-0.25, -0.2) is 0 Å². The van der Waals surface area contributed by atoms with Crippen LogP contribution in [0.15, 0.2) is 28.7 Å². The molecule has 0 saturated carbocycles. The minimum Gasteiger partial charge on any atom is -0.383 e. The Balaban J connectivity index is 2.56. The molecular weight excluding hydrogens is 353 g/mol. The first-order valence-electron chi connectivity index (χ1n) is 6.13. The van der Waals surface area contributed by atoms with Crippen LogP contribution in [0.25, 0.3) is 0 Å². The molecule has 1 N–H and O–H groups in total. The molecule has 0 aliphatic carbocycles. The predicted molar refractivity (Wildman–Crippen MR) is 77.1 cm³/mol. The van der Waals surface area contributed by atoms with Crippen LogP contribution >= 0.6 is 15.9 Å². The summed E-state index contributed by atoms with van der Waals surface area (Å²) in [5, 5.41) is 2.55. The van der Waals surface area contributed by atoms with Crippen LogP contribution in [0.3, 0.4) is 0 Å². The number of benzene rings is 1. The standard InChI is InChI=1S/C13H16BrF3N2O2/c1-21-7-6-19(9-13(15,16)17)8-12(20)18-11-4-2-10(14)3-5-11/h2-5H,6-9H2,1H3,(H,18,20). The van der Waals surface area contributed by atoms with Crippen molar-refractivity contribution in [3.8, 4) is 0 Å². The number of methoxy groups -OCH3 is 1. The van der Waals surface area contributed by atoms with Crippen LogP contribution in [-0.4, -0.2) is 50.3 Å². The van der Waals surface area contributed by atoms with Crippen LogP contribution in [0.5, 0.6) is 0 Å². The van der Waals surface area contributed by atoms with Gasteiger partial charge in [-0.3, -0.25) is 9.69 Å². The van der Waals surface area contributed by atoms with E-state index in [1.165, 1.54) is 7.11 Å². The Kier molecular flexibility index (Phi) is 7.13. The van der Waals surface area contributed by atoms with Crippen LogP contribution in [0.2, 0.25) is 0 Å². The maximum absolute atomic E-state index is 12.4. The molecule has 1 amide bonds. The van der Waals surface area contributed by atoms with Gasteiger partial charge in [0.15, 0.2) is 0 Å². The first kappa shape index (κ1) is 17.9. The number of alkyl halides is 3. The SMILES string of the molecule is COCCN(CC(=O)Nc1ccc(Br)cc1)CC(F)(F)F. The number of amides is 1. The summed E-state index contributed by atoms with van der Waals surface area (Å²) in [4.78, 5) is 12.8. The third-order valence-corrected chi connectivity index (χ3v) is 3.04. The zero-order valence-corrected chi connectivity index (χ0v) is 13.0. The van der Waals surface area contributed by atoms with E-state index in [1.807, 2.05) is 0 Å². The molecule has 0 unspecified atom stereocenters. The number of hydrogen-bond acceptors (Lipinski definition) is 3. The molecule has 0 aliphatic rings. The number of anilines is 1. The lowest BCUT2D eigenvalue weighted by Crippen LogP contribution is -2.41. The molecule has 1 aromatic carbocycles. The fourth-order valence-electron chi connectivity index (χ4n) is 1.62. The lowest BCUT2D eigenvalue weighted by Gasteiger charge is -2.22. The van der Waals surface area contributed by atoms with Crippen LogP contribution in [0, 0.1) is 0 Å². The zero-order chi connectivity index (χ0) is 15.9. The molecule has 0 aromatic heterocycles. The van der Waals surface area contributed by atoms with E-state index in [1.54, 1.807) is 24.3 Å². The lowest BCUT2D eigenvalue weighted by atomic mass is 10.3. The number of nitrogens with one attached hydrogen (secondary N) is 1. The van der Waals surface area contributed by atoms with Gasteiger partial charge in [0.1, 0.15) is 0 Å². The highest BCUT2D eigenvalue weighted by atomic mass is 79.9. The molecule has 0 saturated heterocycles. The van der Waals surface area contributed by atoms with Crippen LogP contribution in [0.1, 0.15) is 0 Å². The molecule has 0 spiro atoms. The van der Waals surface area contributed by atoms with E-state index >= 15 is 0 Å². The van der Waals surface area contributed by atoms with Crippen molar-refractivity contribution in [1.29, 1.82) is 0 Å². The van der Waals surface area contributed by atoms with E-state index in [0.29, 0.717) is 5.69 Å². The second kappa shape index (κ2) is 8.35. The Morgan fingerprint density at radius 3 is 2.48 bits per heavy atom. The molecule has 0 radical (unpaired) electrons. The quantitative estimate of drug-likeness (QED) is 0.804. The molecule has 0 bridgehead atoms. The predicted octanol–water partition coefficient (Wildman–Crippen LogP) is 2.90. The van der Waals surface area contributed by atoms with Crippen molar-refractivity contribution in [2.45, 2.75) is 6.18 Å². The van der Waals surface area contributed by atoms with Crippen molar-refractivity contribution in [3.05, 3.63) is 28.7 Å². The summed E-state index contributed by atoms with van der Waals surface area (Å²) in [5.74, 6) is -0.502. The Bertz CT molecular complexity index is 452. The lowest BCUT2D eigenvalue weighted by molar-refractivity contribution is -0.149. The minimum absolute atomic E-state index is 0.0315. The summed E-state index contributed by atoms with van der Waals surface area (Å²) in [6.45, 7) is -1.34. The average Bonchev–Trinajstić information content (AvgIpc) is 2.37. The van der Waals surface area contributed by atoms with Gasteiger partial charge in [0.25, 0.3) is 0 Å². The monoisotopic (exact) mass is 368 g/mol. The number of rotatable bonds is 7. The fourth-order valence-corrected chi connectivity index (χ4v) is 1.89. The third-order valence-electron chi connectivity index (χ3n) is 2.51. The van der Waals surface area contributed by atoms with Crippen molar-refractivity contribution in [2.75, 3.05) is 38.7 Å². The molecular formula is C13H16BrF3N2O2. The second-order valence-corrected chi connectivity index (χ2v) is 5.29. The van der Waals surface area contributed by atoms with Gasteiger partial charge < -0.3 is 10.1 Å². The highest BCUT2D eigenvalue weighted by Crippen LogP contribution is 2.17. The highest BCUT2D eigenvalue weighted by molar-refractivity contribution is 9.10. The number of carbonyl (C=O) groups excluding carboxylic acids is 1. The van der Waals surface area contributed by atoms with Gasteiger partial charge in [0, 0.05) is 23.8 Å². The smallest absolute Gasteiger partial charge is 0.383 e. The van der Waals surface area contributed by atoms with Crippen LogP contribution in [0.4, 0.5) is 18.9 Å². The van der Waals surface area contributed by atoms with Crippen LogP contribution in [-0.2, 0) is 9.53 Å². The third kappa shape index (κ3) is 8.03. The first-order chi connectivity index (χ1) is 9.80. The second-order valence-electron chi connectivity index (χ2n) is 4.37. The number of ether oxygens (including phenoxy) is 1. The summed E-state index contributed by atoms with van der Waals surface area (Å²) in [6, 6.07) is 6.78. The van der Waals surface area contributed by atoms with Crippen LogP contribution < -0.4 is 5.32 Å². The topological polar surface area (TPSA) is 41.6 Å². The van der Waals surface area contributed by atoms with E-state index < -0.39 is 18.6 Å². The van der Waals surface area contributed by atoms with Gasteiger partial charge in [-0.15, -0.1) is 0 Å². The van der Waals surface area contributed by atoms with E-state index in [4.69, 9.17) is 4.74 Å². The first-order valence-corrected chi connectivity index (χ1v) is 6.93. The average molecular weight is 369 g/mol.